The summed E-state index contributed by atoms with van der Waals surface area (Å²) in [7, 11) is -3.48. The highest BCUT2D eigenvalue weighted by Gasteiger charge is 2.32. The number of rotatable bonds is 4. The SMILES string of the molecule is CS(=O)(=O)NCCn1cc(C(F)(F)F)cc(Cl)c1=O. The summed E-state index contributed by atoms with van der Waals surface area (Å²) in [5, 5.41) is -0.575. The third-order valence-corrected chi connectivity index (χ3v) is 3.09. The Bertz CT molecular complexity index is 625. The van der Waals surface area contributed by atoms with Crippen molar-refractivity contribution >= 4 is 21.6 Å². The third kappa shape index (κ3) is 4.84. The van der Waals surface area contributed by atoms with Crippen molar-refractivity contribution in [2.45, 2.75) is 12.7 Å². The van der Waals surface area contributed by atoms with E-state index in [4.69, 9.17) is 11.6 Å². The van der Waals surface area contributed by atoms with Crippen molar-refractivity contribution in [2.75, 3.05) is 12.8 Å². The van der Waals surface area contributed by atoms with E-state index in [0.717, 1.165) is 6.26 Å². The first-order valence-electron chi connectivity index (χ1n) is 4.92. The average Bonchev–Trinajstić information content (AvgIpc) is 2.20. The van der Waals surface area contributed by atoms with Crippen LogP contribution in [0.1, 0.15) is 5.56 Å². The Balaban J connectivity index is 3.01. The van der Waals surface area contributed by atoms with Gasteiger partial charge in [0.15, 0.2) is 0 Å². The lowest BCUT2D eigenvalue weighted by molar-refractivity contribution is -0.138. The Morgan fingerprint density at radius 1 is 1.42 bits per heavy atom. The zero-order valence-electron chi connectivity index (χ0n) is 9.66. The van der Waals surface area contributed by atoms with Crippen molar-refractivity contribution in [1.82, 2.24) is 9.29 Å². The molecule has 0 amide bonds. The van der Waals surface area contributed by atoms with Gasteiger partial charge in [0.25, 0.3) is 5.56 Å². The second kappa shape index (κ2) is 5.51. The van der Waals surface area contributed by atoms with Gasteiger partial charge in [0.05, 0.1) is 11.8 Å². The van der Waals surface area contributed by atoms with Gasteiger partial charge in [-0.2, -0.15) is 13.2 Å². The van der Waals surface area contributed by atoms with Crippen LogP contribution in [-0.4, -0.2) is 25.8 Å². The molecule has 10 heteroatoms. The van der Waals surface area contributed by atoms with Crippen LogP contribution in [0.15, 0.2) is 17.1 Å². The van der Waals surface area contributed by atoms with E-state index in [0.29, 0.717) is 16.8 Å². The molecular weight excluding hydrogens is 309 g/mol. The fourth-order valence-corrected chi connectivity index (χ4v) is 1.96. The highest BCUT2D eigenvalue weighted by Crippen LogP contribution is 2.29. The Labute approximate surface area is 112 Å². The fraction of sp³-hybridized carbons (Fsp3) is 0.444. The zero-order chi connectivity index (χ0) is 14.8. The van der Waals surface area contributed by atoms with Crippen LogP contribution in [0.25, 0.3) is 0 Å². The number of nitrogens with zero attached hydrogens (tertiary/aromatic N) is 1. The molecule has 0 saturated carbocycles. The number of hydrogen-bond donors (Lipinski definition) is 1. The van der Waals surface area contributed by atoms with Crippen molar-refractivity contribution in [3.63, 3.8) is 0 Å². The third-order valence-electron chi connectivity index (χ3n) is 2.09. The first-order chi connectivity index (χ1) is 8.50. The smallest absolute Gasteiger partial charge is 0.312 e. The van der Waals surface area contributed by atoms with Crippen LogP contribution in [0.4, 0.5) is 13.2 Å². The van der Waals surface area contributed by atoms with Crippen LogP contribution in [0, 0.1) is 0 Å². The molecule has 108 valence electrons. The summed E-state index contributed by atoms with van der Waals surface area (Å²) in [5.74, 6) is 0. The van der Waals surface area contributed by atoms with Crippen LogP contribution in [0.3, 0.4) is 0 Å². The largest absolute Gasteiger partial charge is 0.417 e. The number of halogens is 4. The molecule has 0 unspecified atom stereocenters. The van der Waals surface area contributed by atoms with Crippen molar-refractivity contribution in [1.29, 1.82) is 0 Å². The monoisotopic (exact) mass is 318 g/mol. The number of aromatic nitrogens is 1. The number of pyridine rings is 1. The number of hydrogen-bond acceptors (Lipinski definition) is 3. The first kappa shape index (κ1) is 16.0. The van der Waals surface area contributed by atoms with Crippen molar-refractivity contribution in [2.24, 2.45) is 0 Å². The molecule has 1 aromatic heterocycles. The van der Waals surface area contributed by atoms with E-state index in [-0.39, 0.29) is 13.1 Å². The number of sulfonamides is 1. The molecule has 5 nitrogen and oxygen atoms in total. The number of nitrogens with one attached hydrogen (secondary N) is 1. The normalized spacial score (nSPS) is 12.7. The molecule has 0 aliphatic carbocycles. The lowest BCUT2D eigenvalue weighted by Gasteiger charge is -2.11. The van der Waals surface area contributed by atoms with Crippen molar-refractivity contribution < 1.29 is 21.6 Å². The minimum atomic E-state index is -4.64. The Kier molecular flexibility index (Phi) is 4.64. The van der Waals surface area contributed by atoms with Gasteiger partial charge < -0.3 is 4.57 Å². The van der Waals surface area contributed by atoms with Crippen molar-refractivity contribution in [3.05, 3.63) is 33.2 Å². The van der Waals surface area contributed by atoms with E-state index in [1.54, 1.807) is 0 Å². The molecule has 0 fully saturated rings. The minimum absolute atomic E-state index is 0.212. The topological polar surface area (TPSA) is 68.2 Å². The van der Waals surface area contributed by atoms with Gasteiger partial charge in [-0.25, -0.2) is 13.1 Å². The van der Waals surface area contributed by atoms with Gasteiger partial charge in [-0.15, -0.1) is 0 Å². The van der Waals surface area contributed by atoms with E-state index in [2.05, 4.69) is 4.72 Å². The summed E-state index contributed by atoms with van der Waals surface area (Å²) >= 11 is 5.42. The molecule has 1 rings (SSSR count). The van der Waals surface area contributed by atoms with E-state index >= 15 is 0 Å². The minimum Gasteiger partial charge on any atom is -0.312 e. The fourth-order valence-electron chi connectivity index (χ4n) is 1.27. The second-order valence-electron chi connectivity index (χ2n) is 3.74. The zero-order valence-corrected chi connectivity index (χ0v) is 11.2. The quantitative estimate of drug-likeness (QED) is 0.903. The average molecular weight is 319 g/mol. The molecule has 0 saturated heterocycles. The molecule has 19 heavy (non-hydrogen) atoms. The molecule has 0 bridgehead atoms. The maximum atomic E-state index is 12.5. The predicted octanol–water partition coefficient (Wildman–Crippen LogP) is 1.07. The maximum Gasteiger partial charge on any atom is 0.417 e. The van der Waals surface area contributed by atoms with E-state index < -0.39 is 32.3 Å². The summed E-state index contributed by atoms with van der Waals surface area (Å²) in [5.41, 5.74) is -1.89. The second-order valence-corrected chi connectivity index (χ2v) is 5.98. The van der Waals surface area contributed by atoms with Gasteiger partial charge in [-0.1, -0.05) is 11.6 Å². The summed E-state index contributed by atoms with van der Waals surface area (Å²) < 4.78 is 61.9. The van der Waals surface area contributed by atoms with Crippen LogP contribution in [0.2, 0.25) is 5.02 Å². The summed E-state index contributed by atoms with van der Waals surface area (Å²) in [6.45, 7) is -0.466. The summed E-state index contributed by atoms with van der Waals surface area (Å²) in [6, 6.07) is 0.532. The van der Waals surface area contributed by atoms with Crippen molar-refractivity contribution in [3.8, 4) is 0 Å². The van der Waals surface area contributed by atoms with Gasteiger partial charge in [-0.05, 0) is 6.07 Å². The molecule has 1 aromatic rings. The van der Waals surface area contributed by atoms with E-state index in [1.165, 1.54) is 0 Å². The van der Waals surface area contributed by atoms with Gasteiger partial charge >= 0.3 is 6.18 Å². The maximum absolute atomic E-state index is 12.5. The van der Waals surface area contributed by atoms with Gasteiger partial charge in [0.1, 0.15) is 5.02 Å². The van der Waals surface area contributed by atoms with Gasteiger partial charge in [0.2, 0.25) is 10.0 Å². The van der Waals surface area contributed by atoms with Gasteiger partial charge in [-0.3, -0.25) is 4.79 Å². The summed E-state index contributed by atoms with van der Waals surface area (Å²) in [6.07, 6.45) is -3.14. The Morgan fingerprint density at radius 3 is 2.47 bits per heavy atom. The predicted molar refractivity (Wildman–Crippen MR) is 63.6 cm³/mol. The number of alkyl halides is 3. The Hall–Kier alpha value is -1.06. The highest BCUT2D eigenvalue weighted by molar-refractivity contribution is 7.88. The molecule has 0 spiro atoms. The highest BCUT2D eigenvalue weighted by atomic mass is 35.5. The summed E-state index contributed by atoms with van der Waals surface area (Å²) in [4.78, 5) is 11.5. The standard InChI is InChI=1S/C9H10ClF3N2O3S/c1-19(17,18)14-2-3-15-5-6(9(11,12)13)4-7(10)8(15)16/h4-5,14H,2-3H2,1H3. The Morgan fingerprint density at radius 2 is 2.00 bits per heavy atom. The lowest BCUT2D eigenvalue weighted by atomic mass is 10.2. The first-order valence-corrected chi connectivity index (χ1v) is 7.19. The molecule has 0 aromatic carbocycles. The molecule has 1 heterocycles. The molecule has 0 aliphatic rings. The van der Waals surface area contributed by atoms with Crippen LogP contribution >= 0.6 is 11.6 Å². The molecular formula is C9H10ClF3N2O3S. The van der Waals surface area contributed by atoms with Gasteiger partial charge in [0, 0.05) is 19.3 Å². The molecule has 1 N–H and O–H groups in total. The van der Waals surface area contributed by atoms with E-state index in [9.17, 15) is 26.4 Å². The molecule has 0 atom stereocenters. The lowest BCUT2D eigenvalue weighted by Crippen LogP contribution is -2.31. The van der Waals surface area contributed by atoms with Crippen LogP contribution < -0.4 is 10.3 Å². The van der Waals surface area contributed by atoms with E-state index in [1.807, 2.05) is 0 Å². The van der Waals surface area contributed by atoms with Crippen LogP contribution in [0.5, 0.6) is 0 Å². The molecule has 0 aliphatic heterocycles. The van der Waals surface area contributed by atoms with Crippen LogP contribution in [-0.2, 0) is 22.7 Å². The molecule has 0 radical (unpaired) electrons.